The average Bonchev–Trinajstić information content (AvgIpc) is 2.41. The van der Waals surface area contributed by atoms with Crippen LogP contribution in [0.25, 0.3) is 0 Å². The van der Waals surface area contributed by atoms with E-state index in [1.807, 2.05) is 6.92 Å². The Morgan fingerprint density at radius 1 is 1.18 bits per heavy atom. The Morgan fingerprint density at radius 2 is 1.77 bits per heavy atom. The Balaban J connectivity index is 2.37. The SMILES string of the molecule is Cc1ccc(C(=O)Nc2cc(S(C)(=O)=O)c(O)cc2F)cc1. The molecular formula is C15H14FNO4S. The molecule has 1 amide bonds. The van der Waals surface area contributed by atoms with Crippen molar-refractivity contribution in [2.75, 3.05) is 11.6 Å². The van der Waals surface area contributed by atoms with Crippen molar-refractivity contribution in [3.8, 4) is 5.75 Å². The summed E-state index contributed by atoms with van der Waals surface area (Å²) in [4.78, 5) is 11.6. The lowest BCUT2D eigenvalue weighted by molar-refractivity contribution is 0.102. The molecule has 2 aromatic carbocycles. The van der Waals surface area contributed by atoms with Crippen LogP contribution in [0.3, 0.4) is 0 Å². The number of hydrogen-bond acceptors (Lipinski definition) is 4. The smallest absolute Gasteiger partial charge is 0.255 e. The number of phenolic OH excluding ortho intramolecular Hbond substituents is 1. The third-order valence-corrected chi connectivity index (χ3v) is 4.14. The number of benzene rings is 2. The highest BCUT2D eigenvalue weighted by Gasteiger charge is 2.18. The molecule has 0 radical (unpaired) electrons. The van der Waals surface area contributed by atoms with Gasteiger partial charge >= 0.3 is 0 Å². The molecule has 0 aliphatic heterocycles. The van der Waals surface area contributed by atoms with Gasteiger partial charge in [0, 0.05) is 17.9 Å². The van der Waals surface area contributed by atoms with Gasteiger partial charge in [-0.25, -0.2) is 12.8 Å². The molecule has 2 rings (SSSR count). The lowest BCUT2D eigenvalue weighted by Gasteiger charge is -2.10. The van der Waals surface area contributed by atoms with Gasteiger partial charge in [-0.05, 0) is 25.1 Å². The van der Waals surface area contributed by atoms with E-state index in [0.717, 1.165) is 17.9 Å². The van der Waals surface area contributed by atoms with E-state index >= 15 is 0 Å². The molecule has 0 unspecified atom stereocenters. The van der Waals surface area contributed by atoms with E-state index in [9.17, 15) is 22.7 Å². The number of aromatic hydroxyl groups is 1. The number of rotatable bonds is 3. The summed E-state index contributed by atoms with van der Waals surface area (Å²) in [5.41, 5.74) is 0.953. The molecule has 0 aliphatic carbocycles. The van der Waals surface area contributed by atoms with E-state index in [-0.39, 0.29) is 5.69 Å². The largest absolute Gasteiger partial charge is 0.506 e. The monoisotopic (exact) mass is 323 g/mol. The van der Waals surface area contributed by atoms with Gasteiger partial charge < -0.3 is 10.4 Å². The number of aryl methyl sites for hydroxylation is 1. The minimum atomic E-state index is -3.75. The minimum Gasteiger partial charge on any atom is -0.506 e. The average molecular weight is 323 g/mol. The zero-order valence-electron chi connectivity index (χ0n) is 11.9. The second-order valence-corrected chi connectivity index (χ2v) is 6.88. The molecule has 2 N–H and O–H groups in total. The van der Waals surface area contributed by atoms with Crippen molar-refractivity contribution in [1.82, 2.24) is 0 Å². The number of phenols is 1. The van der Waals surface area contributed by atoms with E-state index in [1.54, 1.807) is 24.3 Å². The van der Waals surface area contributed by atoms with Gasteiger partial charge in [0.05, 0.1) is 5.69 Å². The van der Waals surface area contributed by atoms with Crippen molar-refractivity contribution < 1.29 is 22.7 Å². The van der Waals surface area contributed by atoms with Crippen LogP contribution >= 0.6 is 0 Å². The second kappa shape index (κ2) is 5.76. The lowest BCUT2D eigenvalue weighted by atomic mass is 10.1. The summed E-state index contributed by atoms with van der Waals surface area (Å²) < 4.78 is 36.8. The van der Waals surface area contributed by atoms with Gasteiger partial charge in [-0.3, -0.25) is 4.79 Å². The van der Waals surface area contributed by atoms with Crippen LogP contribution in [0.5, 0.6) is 5.75 Å². The van der Waals surface area contributed by atoms with E-state index in [2.05, 4.69) is 5.32 Å². The van der Waals surface area contributed by atoms with Gasteiger partial charge in [-0.15, -0.1) is 0 Å². The fourth-order valence-electron chi connectivity index (χ4n) is 1.84. The molecule has 0 spiro atoms. The highest BCUT2D eigenvalue weighted by molar-refractivity contribution is 7.90. The van der Waals surface area contributed by atoms with Crippen LogP contribution in [0, 0.1) is 12.7 Å². The third kappa shape index (κ3) is 3.43. The fourth-order valence-corrected chi connectivity index (χ4v) is 2.61. The molecule has 0 heterocycles. The van der Waals surface area contributed by atoms with Crippen molar-refractivity contribution in [2.24, 2.45) is 0 Å². The summed E-state index contributed by atoms with van der Waals surface area (Å²) >= 11 is 0. The molecule has 22 heavy (non-hydrogen) atoms. The topological polar surface area (TPSA) is 83.5 Å². The molecule has 0 saturated carbocycles. The number of carbonyl (C=O) groups excluding carboxylic acids is 1. The van der Waals surface area contributed by atoms with E-state index in [4.69, 9.17) is 0 Å². The summed E-state index contributed by atoms with van der Waals surface area (Å²) in [5.74, 6) is -2.21. The van der Waals surface area contributed by atoms with Gasteiger partial charge in [0.2, 0.25) is 0 Å². The molecule has 0 aromatic heterocycles. The van der Waals surface area contributed by atoms with Crippen molar-refractivity contribution in [1.29, 1.82) is 0 Å². The maximum atomic E-state index is 13.8. The summed E-state index contributed by atoms with van der Waals surface area (Å²) in [6.45, 7) is 1.86. The summed E-state index contributed by atoms with van der Waals surface area (Å²) in [7, 11) is -3.75. The molecule has 0 saturated heterocycles. The molecule has 0 fully saturated rings. The first-order valence-corrected chi connectivity index (χ1v) is 8.18. The third-order valence-electron chi connectivity index (χ3n) is 3.01. The van der Waals surface area contributed by atoms with Crippen LogP contribution in [0.1, 0.15) is 15.9 Å². The highest BCUT2D eigenvalue weighted by atomic mass is 32.2. The molecule has 0 atom stereocenters. The van der Waals surface area contributed by atoms with Crippen LogP contribution < -0.4 is 5.32 Å². The van der Waals surface area contributed by atoms with Crippen molar-refractivity contribution in [3.63, 3.8) is 0 Å². The van der Waals surface area contributed by atoms with Gasteiger partial charge in [0.1, 0.15) is 16.5 Å². The van der Waals surface area contributed by atoms with Crippen LogP contribution in [0.15, 0.2) is 41.3 Å². The van der Waals surface area contributed by atoms with E-state index < -0.39 is 32.2 Å². The summed E-state index contributed by atoms with van der Waals surface area (Å²) in [5, 5.41) is 11.8. The van der Waals surface area contributed by atoms with Crippen molar-refractivity contribution in [2.45, 2.75) is 11.8 Å². The predicted octanol–water partition coefficient (Wildman–Crippen LogP) is 2.50. The number of nitrogens with one attached hydrogen (secondary N) is 1. The van der Waals surface area contributed by atoms with Crippen molar-refractivity contribution >= 4 is 21.4 Å². The Bertz CT molecular complexity index is 829. The number of carbonyl (C=O) groups is 1. The quantitative estimate of drug-likeness (QED) is 0.671. The number of amides is 1. The van der Waals surface area contributed by atoms with Crippen LogP contribution in [-0.4, -0.2) is 25.7 Å². The van der Waals surface area contributed by atoms with Crippen LogP contribution in [0.4, 0.5) is 10.1 Å². The zero-order chi connectivity index (χ0) is 16.5. The lowest BCUT2D eigenvalue weighted by Crippen LogP contribution is -2.13. The molecule has 5 nitrogen and oxygen atoms in total. The minimum absolute atomic E-state index is 0.305. The Morgan fingerprint density at radius 3 is 2.32 bits per heavy atom. The van der Waals surface area contributed by atoms with E-state index in [0.29, 0.717) is 11.6 Å². The van der Waals surface area contributed by atoms with Crippen LogP contribution in [-0.2, 0) is 9.84 Å². The first-order valence-electron chi connectivity index (χ1n) is 6.29. The zero-order valence-corrected chi connectivity index (χ0v) is 12.7. The molecular weight excluding hydrogens is 309 g/mol. The van der Waals surface area contributed by atoms with Gasteiger partial charge in [0.15, 0.2) is 9.84 Å². The number of hydrogen-bond donors (Lipinski definition) is 2. The molecule has 2 aromatic rings. The fraction of sp³-hybridized carbons (Fsp3) is 0.133. The van der Waals surface area contributed by atoms with Crippen LogP contribution in [0.2, 0.25) is 0 Å². The molecule has 0 bridgehead atoms. The predicted molar refractivity (Wildman–Crippen MR) is 80.3 cm³/mol. The number of sulfone groups is 1. The van der Waals surface area contributed by atoms with Gasteiger partial charge in [-0.2, -0.15) is 0 Å². The normalized spacial score (nSPS) is 11.2. The Hall–Kier alpha value is -2.41. The standard InChI is InChI=1S/C15H14FNO4S/c1-9-3-5-10(6-4-9)15(19)17-12-8-14(22(2,20)21)13(18)7-11(12)16/h3-8,18H,1-2H3,(H,17,19). The first-order chi connectivity index (χ1) is 10.2. The Kier molecular flexibility index (Phi) is 4.18. The maximum absolute atomic E-state index is 13.8. The van der Waals surface area contributed by atoms with Gasteiger partial charge in [0.25, 0.3) is 5.91 Å². The second-order valence-electron chi connectivity index (χ2n) is 4.89. The maximum Gasteiger partial charge on any atom is 0.255 e. The molecule has 0 aliphatic rings. The van der Waals surface area contributed by atoms with Gasteiger partial charge in [-0.1, -0.05) is 17.7 Å². The summed E-state index contributed by atoms with van der Waals surface area (Å²) in [6, 6.07) is 8.14. The number of halogens is 1. The molecule has 116 valence electrons. The van der Waals surface area contributed by atoms with E-state index in [1.165, 1.54) is 0 Å². The Labute approximate surface area is 127 Å². The number of anilines is 1. The first kappa shape index (κ1) is 16.0. The highest BCUT2D eigenvalue weighted by Crippen LogP contribution is 2.29. The molecule has 7 heteroatoms. The van der Waals surface area contributed by atoms with Crippen molar-refractivity contribution in [3.05, 3.63) is 53.3 Å². The summed E-state index contributed by atoms with van der Waals surface area (Å²) in [6.07, 6.45) is 0.880.